The quantitative estimate of drug-likeness (QED) is 0.759. The molecule has 2 aromatic rings. The van der Waals surface area contributed by atoms with Gasteiger partial charge in [0.05, 0.1) is 6.20 Å². The molecule has 0 atom stereocenters. The van der Waals surface area contributed by atoms with E-state index in [1.54, 1.807) is 30.5 Å². The third kappa shape index (κ3) is 2.68. The Morgan fingerprint density at radius 3 is 2.89 bits per heavy atom. The number of nitriles is 1. The molecule has 0 N–H and O–H groups in total. The zero-order valence-electron chi connectivity index (χ0n) is 9.41. The lowest BCUT2D eigenvalue weighted by atomic mass is 10.2. The van der Waals surface area contributed by atoms with Crippen molar-refractivity contribution < 1.29 is 9.53 Å². The van der Waals surface area contributed by atoms with Crippen molar-refractivity contribution in [3.05, 3.63) is 53.6 Å². The van der Waals surface area contributed by atoms with Crippen LogP contribution in [0.15, 0.2) is 36.7 Å². The molecule has 2 heterocycles. The van der Waals surface area contributed by atoms with Gasteiger partial charge in [0.15, 0.2) is 6.29 Å². The van der Waals surface area contributed by atoms with Crippen molar-refractivity contribution in [2.24, 2.45) is 0 Å². The van der Waals surface area contributed by atoms with E-state index >= 15 is 0 Å². The molecule has 0 fully saturated rings. The first-order valence-electron chi connectivity index (χ1n) is 5.21. The maximum atomic E-state index is 10.4. The van der Waals surface area contributed by atoms with E-state index in [0.29, 0.717) is 29.0 Å². The van der Waals surface area contributed by atoms with E-state index in [9.17, 15) is 4.79 Å². The molecule has 0 spiro atoms. The van der Waals surface area contributed by atoms with Crippen molar-refractivity contribution in [1.82, 2.24) is 9.97 Å². The van der Waals surface area contributed by atoms with E-state index in [2.05, 4.69) is 9.97 Å². The first kappa shape index (κ1) is 11.7. The van der Waals surface area contributed by atoms with Crippen LogP contribution in [0, 0.1) is 11.3 Å². The fraction of sp³-hybridized carbons (Fsp3) is 0.0769. The van der Waals surface area contributed by atoms with Gasteiger partial charge in [-0.3, -0.25) is 4.79 Å². The molecule has 2 aromatic heterocycles. The van der Waals surface area contributed by atoms with Gasteiger partial charge in [0.2, 0.25) is 0 Å². The second kappa shape index (κ2) is 5.55. The van der Waals surface area contributed by atoms with Crippen LogP contribution in [0.2, 0.25) is 0 Å². The lowest BCUT2D eigenvalue weighted by Crippen LogP contribution is -2.00. The molecular formula is C13H9N3O2. The van der Waals surface area contributed by atoms with Gasteiger partial charge in [0.1, 0.15) is 29.8 Å². The first-order chi connectivity index (χ1) is 8.83. The highest BCUT2D eigenvalue weighted by Gasteiger charge is 2.03. The average Bonchev–Trinajstić information content (AvgIpc) is 2.46. The van der Waals surface area contributed by atoms with Crippen molar-refractivity contribution in [3.8, 4) is 11.8 Å². The van der Waals surface area contributed by atoms with Gasteiger partial charge in [-0.1, -0.05) is 6.07 Å². The number of rotatable bonds is 4. The highest BCUT2D eigenvalue weighted by Crippen LogP contribution is 2.12. The number of hydrogen-bond donors (Lipinski definition) is 0. The summed E-state index contributed by atoms with van der Waals surface area (Å²) in [5.74, 6) is 0.536. The van der Waals surface area contributed by atoms with Crippen molar-refractivity contribution in [2.75, 3.05) is 0 Å². The molecule has 0 aromatic carbocycles. The number of aromatic nitrogens is 2. The monoisotopic (exact) mass is 239 g/mol. The van der Waals surface area contributed by atoms with Crippen LogP contribution in [0.5, 0.6) is 5.75 Å². The van der Waals surface area contributed by atoms with Crippen LogP contribution in [0.4, 0.5) is 0 Å². The maximum absolute atomic E-state index is 10.4. The summed E-state index contributed by atoms with van der Waals surface area (Å²) in [7, 11) is 0. The van der Waals surface area contributed by atoms with Crippen LogP contribution in [0.3, 0.4) is 0 Å². The number of carbonyl (C=O) groups excluding carboxylic acids is 1. The number of carbonyl (C=O) groups is 1. The summed E-state index contributed by atoms with van der Waals surface area (Å²) in [5.41, 5.74) is 1.40. The number of ether oxygens (including phenoxy) is 1. The first-order valence-corrected chi connectivity index (χ1v) is 5.21. The smallest absolute Gasteiger partial charge is 0.168 e. The van der Waals surface area contributed by atoms with Crippen LogP contribution in [0.1, 0.15) is 21.7 Å². The highest BCUT2D eigenvalue weighted by atomic mass is 16.5. The molecule has 88 valence electrons. The third-order valence-electron chi connectivity index (χ3n) is 2.27. The topological polar surface area (TPSA) is 75.9 Å². The molecule has 0 aliphatic heterocycles. The maximum Gasteiger partial charge on any atom is 0.168 e. The van der Waals surface area contributed by atoms with Crippen LogP contribution in [-0.4, -0.2) is 16.3 Å². The van der Waals surface area contributed by atoms with E-state index < -0.39 is 0 Å². The van der Waals surface area contributed by atoms with Crippen molar-refractivity contribution in [3.63, 3.8) is 0 Å². The lowest BCUT2D eigenvalue weighted by Gasteiger charge is -2.06. The van der Waals surface area contributed by atoms with Gasteiger partial charge < -0.3 is 4.74 Å². The molecule has 0 aliphatic rings. The minimum Gasteiger partial charge on any atom is -0.487 e. The van der Waals surface area contributed by atoms with E-state index in [1.165, 1.54) is 6.20 Å². The molecule has 0 bridgehead atoms. The normalized spacial score (nSPS) is 9.50. The average molecular weight is 239 g/mol. The Hall–Kier alpha value is -2.74. The third-order valence-corrected chi connectivity index (χ3v) is 2.27. The zero-order valence-corrected chi connectivity index (χ0v) is 9.41. The number of pyridine rings is 2. The van der Waals surface area contributed by atoms with Gasteiger partial charge in [-0.05, 0) is 18.2 Å². The zero-order chi connectivity index (χ0) is 12.8. The molecule has 18 heavy (non-hydrogen) atoms. The van der Waals surface area contributed by atoms with Crippen LogP contribution in [0.25, 0.3) is 0 Å². The summed E-state index contributed by atoms with van der Waals surface area (Å²) in [6.45, 7) is 0.235. The van der Waals surface area contributed by atoms with Crippen molar-refractivity contribution in [2.45, 2.75) is 6.61 Å². The molecule has 0 amide bonds. The Labute approximate surface area is 104 Å². The van der Waals surface area contributed by atoms with Gasteiger partial charge in [0.25, 0.3) is 0 Å². The van der Waals surface area contributed by atoms with Gasteiger partial charge in [0, 0.05) is 11.8 Å². The Morgan fingerprint density at radius 1 is 1.33 bits per heavy atom. The second-order valence-corrected chi connectivity index (χ2v) is 3.45. The summed E-state index contributed by atoms with van der Waals surface area (Å²) >= 11 is 0. The predicted molar refractivity (Wildman–Crippen MR) is 62.9 cm³/mol. The largest absolute Gasteiger partial charge is 0.487 e. The number of hydrogen-bond acceptors (Lipinski definition) is 5. The molecule has 0 saturated carbocycles. The minimum absolute atomic E-state index is 0.235. The summed E-state index contributed by atoms with van der Waals surface area (Å²) in [6, 6.07) is 8.74. The minimum atomic E-state index is 0.235. The Morgan fingerprint density at radius 2 is 2.22 bits per heavy atom. The van der Waals surface area contributed by atoms with Gasteiger partial charge in [-0.2, -0.15) is 5.26 Å². The summed E-state index contributed by atoms with van der Waals surface area (Å²) in [6.07, 6.45) is 3.69. The summed E-state index contributed by atoms with van der Waals surface area (Å²) in [4.78, 5) is 18.2. The molecule has 0 unspecified atom stereocenters. The predicted octanol–water partition coefficient (Wildman–Crippen LogP) is 1.74. The van der Waals surface area contributed by atoms with Gasteiger partial charge in [-0.15, -0.1) is 0 Å². The SMILES string of the molecule is N#Cc1ncccc1COc1ccc(C=O)nc1. The molecule has 5 heteroatoms. The number of aldehydes is 1. The highest BCUT2D eigenvalue weighted by molar-refractivity contribution is 5.71. The van der Waals surface area contributed by atoms with Gasteiger partial charge in [-0.25, -0.2) is 9.97 Å². The van der Waals surface area contributed by atoms with E-state index in [-0.39, 0.29) is 6.61 Å². The second-order valence-electron chi connectivity index (χ2n) is 3.45. The van der Waals surface area contributed by atoms with Crippen LogP contribution < -0.4 is 4.74 Å². The fourth-order valence-corrected chi connectivity index (χ4v) is 1.36. The lowest BCUT2D eigenvalue weighted by molar-refractivity contribution is 0.111. The molecule has 0 radical (unpaired) electrons. The number of nitrogens with zero attached hydrogens (tertiary/aromatic N) is 3. The molecule has 0 aliphatic carbocycles. The van der Waals surface area contributed by atoms with Crippen LogP contribution in [-0.2, 0) is 6.61 Å². The Balaban J connectivity index is 2.07. The van der Waals surface area contributed by atoms with E-state index in [0.717, 1.165) is 0 Å². The van der Waals surface area contributed by atoms with Gasteiger partial charge >= 0.3 is 0 Å². The molecule has 5 nitrogen and oxygen atoms in total. The Kier molecular flexibility index (Phi) is 3.62. The Bertz CT molecular complexity index is 588. The van der Waals surface area contributed by atoms with Crippen LogP contribution >= 0.6 is 0 Å². The summed E-state index contributed by atoms with van der Waals surface area (Å²) < 4.78 is 5.46. The van der Waals surface area contributed by atoms with E-state index in [1.807, 2.05) is 6.07 Å². The standard InChI is InChI=1S/C13H9N3O2/c14-6-13-10(2-1-5-15-13)9-18-12-4-3-11(8-17)16-7-12/h1-5,7-8H,9H2. The summed E-state index contributed by atoms with van der Waals surface area (Å²) in [5, 5.41) is 8.86. The molecule has 2 rings (SSSR count). The van der Waals surface area contributed by atoms with Crippen molar-refractivity contribution in [1.29, 1.82) is 5.26 Å². The molecule has 0 saturated heterocycles. The van der Waals surface area contributed by atoms with Crippen molar-refractivity contribution >= 4 is 6.29 Å². The fourth-order valence-electron chi connectivity index (χ4n) is 1.36. The van der Waals surface area contributed by atoms with E-state index in [4.69, 9.17) is 10.00 Å². The molecular weight excluding hydrogens is 230 g/mol.